The van der Waals surface area contributed by atoms with E-state index in [9.17, 15) is 19.5 Å². The van der Waals surface area contributed by atoms with Crippen LogP contribution in [0.5, 0.6) is 0 Å². The standard InChI is InChI=1S/C18H23NO5S/c1-3-4-11-8-12(18(23)24-2)16(25-11)19-15(20)13-9-5-6-10(7-9)14(13)17(21)22/h8-10,13-14H,3-7H2,1-2H3,(H,19,20)(H,21,22)/t9-,10-,13+,14+/m1/s1. The molecule has 1 amide bonds. The Morgan fingerprint density at radius 2 is 1.96 bits per heavy atom. The molecule has 0 spiro atoms. The van der Waals surface area contributed by atoms with Crippen LogP contribution in [0, 0.1) is 23.7 Å². The lowest BCUT2D eigenvalue weighted by Crippen LogP contribution is -2.37. The molecule has 25 heavy (non-hydrogen) atoms. The highest BCUT2D eigenvalue weighted by atomic mass is 32.1. The Labute approximate surface area is 150 Å². The van der Waals surface area contributed by atoms with Gasteiger partial charge in [-0.25, -0.2) is 4.79 Å². The van der Waals surface area contributed by atoms with E-state index in [2.05, 4.69) is 5.32 Å². The van der Waals surface area contributed by atoms with Crippen LogP contribution in [-0.4, -0.2) is 30.1 Å². The molecule has 1 aromatic rings. The number of carbonyl (C=O) groups is 3. The molecule has 2 fully saturated rings. The van der Waals surface area contributed by atoms with Gasteiger partial charge in [0.1, 0.15) is 5.00 Å². The van der Waals surface area contributed by atoms with Gasteiger partial charge >= 0.3 is 11.9 Å². The molecular weight excluding hydrogens is 342 g/mol. The van der Waals surface area contributed by atoms with Crippen molar-refractivity contribution in [3.8, 4) is 0 Å². The first kappa shape index (κ1) is 17.9. The van der Waals surface area contributed by atoms with E-state index in [4.69, 9.17) is 4.74 Å². The number of rotatable bonds is 6. The van der Waals surface area contributed by atoms with Crippen LogP contribution in [0.3, 0.4) is 0 Å². The van der Waals surface area contributed by atoms with Crippen LogP contribution in [0.2, 0.25) is 0 Å². The minimum absolute atomic E-state index is 0.0947. The average molecular weight is 365 g/mol. The molecule has 1 aromatic heterocycles. The van der Waals surface area contributed by atoms with E-state index in [0.29, 0.717) is 10.6 Å². The largest absolute Gasteiger partial charge is 0.481 e. The number of esters is 1. The van der Waals surface area contributed by atoms with Crippen molar-refractivity contribution >= 4 is 34.2 Å². The first-order valence-corrected chi connectivity index (χ1v) is 9.52. The van der Waals surface area contributed by atoms with Crippen molar-refractivity contribution in [2.75, 3.05) is 12.4 Å². The van der Waals surface area contributed by atoms with Crippen molar-refractivity contribution < 1.29 is 24.2 Å². The number of methoxy groups -OCH3 is 1. The second kappa shape index (κ2) is 7.15. The molecule has 136 valence electrons. The zero-order valence-electron chi connectivity index (χ0n) is 14.4. The minimum atomic E-state index is -0.890. The van der Waals surface area contributed by atoms with Gasteiger partial charge in [-0.15, -0.1) is 11.3 Å². The number of carboxylic acid groups (broad SMARTS) is 1. The zero-order chi connectivity index (χ0) is 18.1. The lowest BCUT2D eigenvalue weighted by molar-refractivity contribution is -0.148. The third-order valence-corrected chi connectivity index (χ3v) is 6.54. The van der Waals surface area contributed by atoms with Gasteiger partial charge in [0, 0.05) is 4.88 Å². The molecule has 1 heterocycles. The molecule has 3 rings (SSSR count). The fourth-order valence-electron chi connectivity index (χ4n) is 4.39. The van der Waals surface area contributed by atoms with Crippen LogP contribution in [-0.2, 0) is 20.7 Å². The van der Waals surface area contributed by atoms with Gasteiger partial charge in [0.05, 0.1) is 24.5 Å². The number of aliphatic carboxylic acids is 1. The summed E-state index contributed by atoms with van der Waals surface area (Å²) in [5.41, 5.74) is 0.347. The Kier molecular flexibility index (Phi) is 5.13. The normalized spacial score (nSPS) is 27.3. The molecule has 2 aliphatic carbocycles. The Hall–Kier alpha value is -1.89. The fraction of sp³-hybridized carbons (Fsp3) is 0.611. The summed E-state index contributed by atoms with van der Waals surface area (Å²) in [6.07, 6.45) is 4.35. The number of hydrogen-bond acceptors (Lipinski definition) is 5. The summed E-state index contributed by atoms with van der Waals surface area (Å²) in [4.78, 5) is 37.4. The molecule has 0 saturated heterocycles. The Morgan fingerprint density at radius 1 is 1.28 bits per heavy atom. The van der Waals surface area contributed by atoms with E-state index in [-0.39, 0.29) is 17.7 Å². The topological polar surface area (TPSA) is 92.7 Å². The number of thiophene rings is 1. The van der Waals surface area contributed by atoms with Crippen LogP contribution >= 0.6 is 11.3 Å². The molecule has 2 aliphatic rings. The van der Waals surface area contributed by atoms with Crippen molar-refractivity contribution in [1.29, 1.82) is 0 Å². The average Bonchev–Trinajstić information content (AvgIpc) is 3.28. The SMILES string of the molecule is CCCc1cc(C(=O)OC)c(NC(=O)[C@H]2[C@@H]3CC[C@H](C3)[C@@H]2C(=O)O)s1. The van der Waals surface area contributed by atoms with Crippen LogP contribution in [0.4, 0.5) is 5.00 Å². The van der Waals surface area contributed by atoms with Gasteiger partial charge in [0.2, 0.25) is 5.91 Å². The number of anilines is 1. The molecule has 0 aliphatic heterocycles. The highest BCUT2D eigenvalue weighted by Crippen LogP contribution is 2.52. The first-order chi connectivity index (χ1) is 12.0. The van der Waals surface area contributed by atoms with Crippen LogP contribution in [0.25, 0.3) is 0 Å². The first-order valence-electron chi connectivity index (χ1n) is 8.70. The molecule has 0 unspecified atom stereocenters. The van der Waals surface area contributed by atoms with E-state index >= 15 is 0 Å². The van der Waals surface area contributed by atoms with E-state index in [1.165, 1.54) is 18.4 Å². The maximum Gasteiger partial charge on any atom is 0.340 e. The fourth-order valence-corrected chi connectivity index (χ4v) is 5.53. The molecule has 6 nitrogen and oxygen atoms in total. The third-order valence-electron chi connectivity index (χ3n) is 5.43. The molecule has 7 heteroatoms. The number of hydrogen-bond donors (Lipinski definition) is 2. The number of aryl methyl sites for hydroxylation is 1. The Morgan fingerprint density at radius 3 is 2.56 bits per heavy atom. The molecule has 2 saturated carbocycles. The third kappa shape index (κ3) is 3.29. The summed E-state index contributed by atoms with van der Waals surface area (Å²) >= 11 is 1.36. The van der Waals surface area contributed by atoms with Gasteiger partial charge in [-0.2, -0.15) is 0 Å². The van der Waals surface area contributed by atoms with E-state index in [1.807, 2.05) is 6.92 Å². The van der Waals surface area contributed by atoms with Gasteiger partial charge in [-0.05, 0) is 43.6 Å². The maximum atomic E-state index is 12.8. The minimum Gasteiger partial charge on any atom is -0.481 e. The van der Waals surface area contributed by atoms with Crippen molar-refractivity contribution in [3.05, 3.63) is 16.5 Å². The summed E-state index contributed by atoms with van der Waals surface area (Å²) in [5.74, 6) is -2.57. The molecule has 2 N–H and O–H groups in total. The second-order valence-electron chi connectivity index (χ2n) is 6.91. The molecule has 4 atom stereocenters. The maximum absolute atomic E-state index is 12.8. The Bertz CT molecular complexity index is 698. The van der Waals surface area contributed by atoms with Crippen LogP contribution < -0.4 is 5.32 Å². The quantitative estimate of drug-likeness (QED) is 0.755. The molecule has 0 aromatic carbocycles. The monoisotopic (exact) mass is 365 g/mol. The van der Waals surface area contributed by atoms with Crippen LogP contribution in [0.1, 0.15) is 47.8 Å². The van der Waals surface area contributed by atoms with E-state index in [0.717, 1.165) is 37.0 Å². The number of amides is 1. The van der Waals surface area contributed by atoms with Gasteiger partial charge in [-0.3, -0.25) is 9.59 Å². The lowest BCUT2D eigenvalue weighted by Gasteiger charge is -2.26. The van der Waals surface area contributed by atoms with Gasteiger partial charge in [0.15, 0.2) is 0 Å². The summed E-state index contributed by atoms with van der Waals surface area (Å²) in [7, 11) is 1.31. The predicted octanol–water partition coefficient (Wildman–Crippen LogP) is 3.17. The summed E-state index contributed by atoms with van der Waals surface area (Å²) in [6, 6.07) is 1.76. The number of nitrogens with one attached hydrogen (secondary N) is 1. The van der Waals surface area contributed by atoms with E-state index < -0.39 is 23.8 Å². The molecular formula is C18H23NO5S. The molecule has 2 bridgehead atoms. The highest BCUT2D eigenvalue weighted by Gasteiger charge is 2.54. The van der Waals surface area contributed by atoms with Crippen LogP contribution in [0.15, 0.2) is 6.07 Å². The van der Waals surface area contributed by atoms with Crippen molar-refractivity contribution in [3.63, 3.8) is 0 Å². The Balaban J connectivity index is 1.83. The number of carboxylic acids is 1. The predicted molar refractivity (Wildman–Crippen MR) is 93.7 cm³/mol. The highest BCUT2D eigenvalue weighted by molar-refractivity contribution is 7.16. The van der Waals surface area contributed by atoms with Crippen molar-refractivity contribution in [1.82, 2.24) is 0 Å². The summed E-state index contributed by atoms with van der Waals surface area (Å²) in [5, 5.41) is 12.8. The van der Waals surface area contributed by atoms with Gasteiger partial charge < -0.3 is 15.2 Å². The van der Waals surface area contributed by atoms with E-state index in [1.54, 1.807) is 6.07 Å². The zero-order valence-corrected chi connectivity index (χ0v) is 15.2. The number of fused-ring (bicyclic) bond motifs is 2. The van der Waals surface area contributed by atoms with Gasteiger partial charge in [0.25, 0.3) is 0 Å². The van der Waals surface area contributed by atoms with Gasteiger partial charge in [-0.1, -0.05) is 13.3 Å². The molecule has 0 radical (unpaired) electrons. The number of ether oxygens (including phenoxy) is 1. The van der Waals surface area contributed by atoms with Crippen molar-refractivity contribution in [2.45, 2.75) is 39.0 Å². The summed E-state index contributed by atoms with van der Waals surface area (Å²) < 4.78 is 4.81. The second-order valence-corrected chi connectivity index (χ2v) is 8.05. The smallest absolute Gasteiger partial charge is 0.340 e. The lowest BCUT2D eigenvalue weighted by atomic mass is 9.79. The summed E-state index contributed by atoms with van der Waals surface area (Å²) in [6.45, 7) is 2.04. The number of carbonyl (C=O) groups excluding carboxylic acids is 2. The van der Waals surface area contributed by atoms with Crippen molar-refractivity contribution in [2.24, 2.45) is 23.7 Å².